The molecular formula is C20H21N3O6S. The predicted octanol–water partition coefficient (Wildman–Crippen LogP) is 2.22. The van der Waals surface area contributed by atoms with Crippen LogP contribution in [0.1, 0.15) is 24.2 Å². The van der Waals surface area contributed by atoms with E-state index in [1.807, 2.05) is 13.8 Å². The molecule has 158 valence electrons. The number of thioether (sulfide) groups is 1. The van der Waals surface area contributed by atoms with Crippen molar-refractivity contribution in [1.29, 1.82) is 0 Å². The van der Waals surface area contributed by atoms with E-state index in [4.69, 9.17) is 14.2 Å². The van der Waals surface area contributed by atoms with E-state index in [0.717, 1.165) is 11.8 Å². The van der Waals surface area contributed by atoms with Gasteiger partial charge in [0.25, 0.3) is 5.91 Å². The Bertz CT molecular complexity index is 950. The van der Waals surface area contributed by atoms with E-state index in [-0.39, 0.29) is 42.6 Å². The molecule has 0 radical (unpaired) electrons. The zero-order chi connectivity index (χ0) is 21.5. The van der Waals surface area contributed by atoms with Crippen molar-refractivity contribution in [3.8, 4) is 11.5 Å². The van der Waals surface area contributed by atoms with Crippen LogP contribution in [0.25, 0.3) is 0 Å². The maximum absolute atomic E-state index is 12.3. The van der Waals surface area contributed by atoms with Gasteiger partial charge in [0.15, 0.2) is 18.1 Å². The molecule has 3 rings (SSSR count). The van der Waals surface area contributed by atoms with Gasteiger partial charge in [-0.15, -0.1) is 0 Å². The van der Waals surface area contributed by atoms with Gasteiger partial charge < -0.3 is 24.8 Å². The Kier molecular flexibility index (Phi) is 7.12. The Morgan fingerprint density at radius 2 is 1.97 bits per heavy atom. The number of fused-ring (bicyclic) bond motifs is 1. The van der Waals surface area contributed by atoms with E-state index < -0.39 is 5.97 Å². The quantitative estimate of drug-likeness (QED) is 0.483. The highest BCUT2D eigenvalue weighted by molar-refractivity contribution is 8.00. The highest BCUT2D eigenvalue weighted by atomic mass is 32.2. The van der Waals surface area contributed by atoms with E-state index in [1.54, 1.807) is 24.3 Å². The summed E-state index contributed by atoms with van der Waals surface area (Å²) in [7, 11) is 0. The highest BCUT2D eigenvalue weighted by Gasteiger charge is 2.18. The number of hydrogen-bond acceptors (Lipinski definition) is 8. The third-order valence-corrected chi connectivity index (χ3v) is 4.78. The van der Waals surface area contributed by atoms with E-state index in [1.165, 1.54) is 12.3 Å². The number of pyridine rings is 1. The van der Waals surface area contributed by atoms with Crippen molar-refractivity contribution >= 4 is 35.2 Å². The lowest BCUT2D eigenvalue weighted by atomic mass is 10.3. The number of amides is 2. The van der Waals surface area contributed by atoms with Crippen LogP contribution in [0.4, 0.5) is 5.69 Å². The number of anilines is 1. The number of carbonyl (C=O) groups excluding carboxylic acids is 3. The van der Waals surface area contributed by atoms with E-state index in [0.29, 0.717) is 22.2 Å². The zero-order valence-electron chi connectivity index (χ0n) is 16.5. The molecule has 1 aromatic heterocycles. The van der Waals surface area contributed by atoms with Crippen LogP contribution in [0.5, 0.6) is 11.5 Å². The standard InChI is InChI=1S/C20H21N3O6S/c1-12(2)22-17(24)9-27-20(26)14-4-3-7-21-19(14)30-10-18(25)23-13-5-6-15-16(8-13)29-11-28-15/h3-8,12H,9-11H2,1-2H3,(H,22,24)(H,23,25). The minimum Gasteiger partial charge on any atom is -0.454 e. The van der Waals surface area contributed by atoms with Gasteiger partial charge >= 0.3 is 5.97 Å². The molecule has 10 heteroatoms. The van der Waals surface area contributed by atoms with Crippen LogP contribution >= 0.6 is 11.8 Å². The summed E-state index contributed by atoms with van der Waals surface area (Å²) >= 11 is 1.09. The van der Waals surface area contributed by atoms with Crippen molar-refractivity contribution in [2.45, 2.75) is 24.9 Å². The van der Waals surface area contributed by atoms with Gasteiger partial charge in [0.2, 0.25) is 12.7 Å². The topological polar surface area (TPSA) is 116 Å². The molecule has 2 amide bonds. The molecule has 0 unspecified atom stereocenters. The van der Waals surface area contributed by atoms with Gasteiger partial charge in [0.1, 0.15) is 5.03 Å². The Morgan fingerprint density at radius 1 is 1.17 bits per heavy atom. The van der Waals surface area contributed by atoms with Crippen LogP contribution in [0.2, 0.25) is 0 Å². The molecule has 1 aromatic carbocycles. The van der Waals surface area contributed by atoms with Gasteiger partial charge in [-0.3, -0.25) is 9.59 Å². The van der Waals surface area contributed by atoms with Gasteiger partial charge in [-0.25, -0.2) is 9.78 Å². The first-order chi connectivity index (χ1) is 14.4. The summed E-state index contributed by atoms with van der Waals surface area (Å²) in [4.78, 5) is 40.4. The second-order valence-electron chi connectivity index (χ2n) is 6.56. The van der Waals surface area contributed by atoms with E-state index >= 15 is 0 Å². The van der Waals surface area contributed by atoms with Crippen molar-refractivity contribution in [3.05, 3.63) is 42.1 Å². The number of carbonyl (C=O) groups is 3. The summed E-state index contributed by atoms with van der Waals surface area (Å²) in [5, 5.41) is 5.73. The van der Waals surface area contributed by atoms with Gasteiger partial charge in [-0.05, 0) is 38.1 Å². The average molecular weight is 431 g/mol. The number of nitrogens with one attached hydrogen (secondary N) is 2. The zero-order valence-corrected chi connectivity index (χ0v) is 17.3. The number of benzene rings is 1. The molecule has 9 nitrogen and oxygen atoms in total. The smallest absolute Gasteiger partial charge is 0.341 e. The fourth-order valence-corrected chi connectivity index (χ4v) is 3.32. The summed E-state index contributed by atoms with van der Waals surface area (Å²) in [5.74, 6) is -0.127. The normalized spacial score (nSPS) is 11.8. The van der Waals surface area contributed by atoms with Crippen LogP contribution in [0, 0.1) is 0 Å². The molecule has 2 heterocycles. The largest absolute Gasteiger partial charge is 0.454 e. The van der Waals surface area contributed by atoms with Crippen molar-refractivity contribution in [3.63, 3.8) is 0 Å². The summed E-state index contributed by atoms with van der Waals surface area (Å²) < 4.78 is 15.6. The number of ether oxygens (including phenoxy) is 3. The Labute approximate surface area is 177 Å². The lowest BCUT2D eigenvalue weighted by Crippen LogP contribution is -2.34. The van der Waals surface area contributed by atoms with Crippen LogP contribution in [-0.2, 0) is 14.3 Å². The number of rotatable bonds is 8. The fraction of sp³-hybridized carbons (Fsp3) is 0.300. The van der Waals surface area contributed by atoms with Crippen LogP contribution < -0.4 is 20.1 Å². The predicted molar refractivity (Wildman–Crippen MR) is 110 cm³/mol. The van der Waals surface area contributed by atoms with Crippen molar-refractivity contribution < 1.29 is 28.6 Å². The second-order valence-corrected chi connectivity index (χ2v) is 7.52. The molecule has 2 aromatic rings. The first-order valence-electron chi connectivity index (χ1n) is 9.16. The summed E-state index contributed by atoms with van der Waals surface area (Å²) in [6.07, 6.45) is 1.51. The number of hydrogen-bond donors (Lipinski definition) is 2. The minimum absolute atomic E-state index is 0.0274. The van der Waals surface area contributed by atoms with Gasteiger partial charge in [0, 0.05) is 24.0 Å². The number of nitrogens with zero attached hydrogens (tertiary/aromatic N) is 1. The molecule has 0 saturated carbocycles. The van der Waals surface area contributed by atoms with E-state index in [9.17, 15) is 14.4 Å². The fourth-order valence-electron chi connectivity index (χ4n) is 2.54. The van der Waals surface area contributed by atoms with Crippen molar-refractivity contribution in [1.82, 2.24) is 10.3 Å². The van der Waals surface area contributed by atoms with Crippen LogP contribution in [0.15, 0.2) is 41.6 Å². The summed E-state index contributed by atoms with van der Waals surface area (Å²) in [6, 6.07) is 8.17. The first kappa shape index (κ1) is 21.4. The maximum Gasteiger partial charge on any atom is 0.341 e. The summed E-state index contributed by atoms with van der Waals surface area (Å²) in [6.45, 7) is 3.38. The molecule has 0 saturated heterocycles. The molecule has 1 aliphatic heterocycles. The average Bonchev–Trinajstić information content (AvgIpc) is 3.18. The van der Waals surface area contributed by atoms with Crippen molar-refractivity contribution in [2.24, 2.45) is 0 Å². The molecule has 0 spiro atoms. The third kappa shape index (κ3) is 5.86. The molecule has 0 fully saturated rings. The Hall–Kier alpha value is -3.27. The molecule has 30 heavy (non-hydrogen) atoms. The van der Waals surface area contributed by atoms with Gasteiger partial charge in [-0.2, -0.15) is 0 Å². The SMILES string of the molecule is CC(C)NC(=O)COC(=O)c1cccnc1SCC(=O)Nc1ccc2c(c1)OCO2. The van der Waals surface area contributed by atoms with Crippen LogP contribution in [-0.4, -0.2) is 48.0 Å². The van der Waals surface area contributed by atoms with Crippen molar-refractivity contribution in [2.75, 3.05) is 24.5 Å². The Morgan fingerprint density at radius 3 is 2.77 bits per heavy atom. The van der Waals surface area contributed by atoms with Gasteiger partial charge in [0.05, 0.1) is 11.3 Å². The second kappa shape index (κ2) is 9.97. The lowest BCUT2D eigenvalue weighted by molar-refractivity contribution is -0.124. The molecule has 0 bridgehead atoms. The molecule has 1 aliphatic rings. The number of aromatic nitrogens is 1. The van der Waals surface area contributed by atoms with Gasteiger partial charge in [-0.1, -0.05) is 11.8 Å². The van der Waals surface area contributed by atoms with Crippen LogP contribution in [0.3, 0.4) is 0 Å². The maximum atomic E-state index is 12.3. The molecule has 2 N–H and O–H groups in total. The Balaban J connectivity index is 1.54. The molecule has 0 aliphatic carbocycles. The minimum atomic E-state index is -0.680. The number of esters is 1. The van der Waals surface area contributed by atoms with E-state index in [2.05, 4.69) is 15.6 Å². The summed E-state index contributed by atoms with van der Waals surface area (Å²) in [5.41, 5.74) is 0.761. The first-order valence-corrected chi connectivity index (χ1v) is 10.1. The molecule has 0 atom stereocenters. The molecular weight excluding hydrogens is 410 g/mol. The lowest BCUT2D eigenvalue weighted by Gasteiger charge is -2.10. The monoisotopic (exact) mass is 431 g/mol. The third-order valence-electron chi connectivity index (χ3n) is 3.77. The highest BCUT2D eigenvalue weighted by Crippen LogP contribution is 2.34.